The number of sulfone groups is 1. The van der Waals surface area contributed by atoms with Gasteiger partial charge in [0, 0.05) is 19.0 Å². The Morgan fingerprint density at radius 1 is 1.15 bits per heavy atom. The van der Waals surface area contributed by atoms with Gasteiger partial charge >= 0.3 is 0 Å². The Hall–Kier alpha value is -2.48. The van der Waals surface area contributed by atoms with E-state index in [4.69, 9.17) is 13.9 Å². The highest BCUT2D eigenvalue weighted by Gasteiger charge is 2.33. The number of amides is 1. The van der Waals surface area contributed by atoms with Crippen molar-refractivity contribution in [3.05, 3.63) is 42.4 Å². The minimum Gasteiger partial charge on any atom is -0.486 e. The molecule has 2 heterocycles. The largest absolute Gasteiger partial charge is 0.486 e. The Morgan fingerprint density at radius 2 is 1.89 bits per heavy atom. The lowest BCUT2D eigenvalue weighted by Gasteiger charge is -2.21. The Balaban J connectivity index is 1.87. The summed E-state index contributed by atoms with van der Waals surface area (Å²) in [5.74, 6) is 1.17. The van der Waals surface area contributed by atoms with Gasteiger partial charge in [0.2, 0.25) is 5.91 Å². The Bertz CT molecular complexity index is 889. The molecular formula is C19H23NO6S. The highest BCUT2D eigenvalue weighted by atomic mass is 32.2. The van der Waals surface area contributed by atoms with Gasteiger partial charge in [-0.25, -0.2) is 8.42 Å². The van der Waals surface area contributed by atoms with Crippen molar-refractivity contribution < 1.29 is 27.1 Å². The third kappa shape index (κ3) is 4.44. The number of carbonyl (C=O) groups excluding carboxylic acids is 1. The SMILES string of the molecule is CC(C)CC(=O)NC[C@@H](c1ccco1)S(=O)(=O)c1ccc2c(c1)OCCO2. The number of rotatable bonds is 7. The molecule has 1 amide bonds. The molecule has 0 saturated carbocycles. The fourth-order valence-electron chi connectivity index (χ4n) is 2.85. The quantitative estimate of drug-likeness (QED) is 0.777. The van der Waals surface area contributed by atoms with E-state index < -0.39 is 15.1 Å². The highest BCUT2D eigenvalue weighted by Crippen LogP contribution is 2.36. The summed E-state index contributed by atoms with van der Waals surface area (Å²) in [5, 5.41) is 1.67. The smallest absolute Gasteiger partial charge is 0.220 e. The van der Waals surface area contributed by atoms with Crippen LogP contribution in [0.5, 0.6) is 11.5 Å². The number of ether oxygens (including phenoxy) is 2. The second-order valence-corrected chi connectivity index (χ2v) is 8.89. The second-order valence-electron chi connectivity index (χ2n) is 6.76. The summed E-state index contributed by atoms with van der Waals surface area (Å²) in [6.45, 7) is 4.57. The molecule has 0 bridgehead atoms. The number of nitrogens with one attached hydrogen (secondary N) is 1. The van der Waals surface area contributed by atoms with Crippen molar-refractivity contribution in [1.29, 1.82) is 0 Å². The summed E-state index contributed by atoms with van der Waals surface area (Å²) >= 11 is 0. The number of hydrogen-bond donors (Lipinski definition) is 1. The number of hydrogen-bond acceptors (Lipinski definition) is 6. The lowest BCUT2D eigenvalue weighted by molar-refractivity contribution is -0.121. The van der Waals surface area contributed by atoms with Gasteiger partial charge in [-0.1, -0.05) is 13.8 Å². The minimum atomic E-state index is -3.83. The van der Waals surface area contributed by atoms with Crippen molar-refractivity contribution in [1.82, 2.24) is 5.32 Å². The van der Waals surface area contributed by atoms with Gasteiger partial charge in [-0.2, -0.15) is 0 Å². The number of furan rings is 1. The monoisotopic (exact) mass is 393 g/mol. The average Bonchev–Trinajstić information content (AvgIpc) is 3.15. The van der Waals surface area contributed by atoms with Crippen LogP contribution >= 0.6 is 0 Å². The van der Waals surface area contributed by atoms with Crippen LogP contribution in [0.2, 0.25) is 0 Å². The van der Waals surface area contributed by atoms with E-state index >= 15 is 0 Å². The summed E-state index contributed by atoms with van der Waals surface area (Å²) in [7, 11) is -3.83. The molecule has 0 radical (unpaired) electrons. The maximum absolute atomic E-state index is 13.2. The third-order valence-corrected chi connectivity index (χ3v) is 6.21. The molecule has 2 aromatic rings. The lowest BCUT2D eigenvalue weighted by Crippen LogP contribution is -2.32. The van der Waals surface area contributed by atoms with Crippen LogP contribution in [0.1, 0.15) is 31.3 Å². The van der Waals surface area contributed by atoms with E-state index in [1.54, 1.807) is 18.2 Å². The molecule has 1 aromatic carbocycles. The van der Waals surface area contributed by atoms with Gasteiger partial charge in [0.05, 0.1) is 11.2 Å². The molecule has 1 atom stereocenters. The topological polar surface area (TPSA) is 94.8 Å². The first-order chi connectivity index (χ1) is 12.9. The van der Waals surface area contributed by atoms with Crippen LogP contribution in [0, 0.1) is 5.92 Å². The third-order valence-electron chi connectivity index (χ3n) is 4.16. The lowest BCUT2D eigenvalue weighted by atomic mass is 10.1. The van der Waals surface area contributed by atoms with Gasteiger partial charge in [-0.15, -0.1) is 0 Å². The predicted molar refractivity (Wildman–Crippen MR) is 98.5 cm³/mol. The minimum absolute atomic E-state index is 0.0736. The van der Waals surface area contributed by atoms with E-state index in [9.17, 15) is 13.2 Å². The van der Waals surface area contributed by atoms with E-state index in [2.05, 4.69) is 5.32 Å². The molecule has 1 N–H and O–H groups in total. The first-order valence-corrected chi connectivity index (χ1v) is 10.4. The van der Waals surface area contributed by atoms with Crippen molar-refractivity contribution in [2.45, 2.75) is 30.4 Å². The van der Waals surface area contributed by atoms with Crippen molar-refractivity contribution in [2.24, 2.45) is 5.92 Å². The number of benzene rings is 1. The van der Waals surface area contributed by atoms with Crippen molar-refractivity contribution >= 4 is 15.7 Å². The normalized spacial score (nSPS) is 14.8. The molecule has 7 nitrogen and oxygen atoms in total. The fraction of sp³-hybridized carbons (Fsp3) is 0.421. The number of fused-ring (bicyclic) bond motifs is 1. The van der Waals surface area contributed by atoms with Crippen LogP contribution in [0.4, 0.5) is 0 Å². The molecule has 3 rings (SSSR count). The van der Waals surface area contributed by atoms with E-state index in [1.807, 2.05) is 13.8 Å². The molecule has 0 aliphatic carbocycles. The standard InChI is InChI=1S/C19H23NO6S/c1-13(2)10-19(21)20-12-18(16-4-3-7-24-16)27(22,23)14-5-6-15-17(11-14)26-9-8-25-15/h3-7,11,13,18H,8-10,12H2,1-2H3,(H,20,21)/t18-/m0/s1. The van der Waals surface area contributed by atoms with Crippen LogP contribution in [0.3, 0.4) is 0 Å². The Morgan fingerprint density at radius 3 is 2.56 bits per heavy atom. The Kier molecular flexibility index (Phi) is 5.74. The van der Waals surface area contributed by atoms with E-state index in [-0.39, 0.29) is 29.0 Å². The summed E-state index contributed by atoms with van der Waals surface area (Å²) in [6.07, 6.45) is 1.74. The Labute approximate surface area is 158 Å². The van der Waals surface area contributed by atoms with Crippen molar-refractivity contribution in [3.63, 3.8) is 0 Å². The van der Waals surface area contributed by atoms with E-state index in [0.717, 1.165) is 0 Å². The highest BCUT2D eigenvalue weighted by molar-refractivity contribution is 7.91. The molecule has 0 spiro atoms. The molecule has 8 heteroatoms. The summed E-state index contributed by atoms with van der Waals surface area (Å²) < 4.78 is 42.8. The van der Waals surface area contributed by atoms with Gasteiger partial charge in [0.15, 0.2) is 21.3 Å². The first-order valence-electron chi connectivity index (χ1n) is 8.81. The first kappa shape index (κ1) is 19.3. The van der Waals surface area contributed by atoms with Crippen LogP contribution in [-0.2, 0) is 14.6 Å². The molecule has 0 saturated heterocycles. The molecule has 0 unspecified atom stereocenters. The average molecular weight is 393 g/mol. The summed E-state index contributed by atoms with van der Waals surface area (Å²) in [5.41, 5.74) is 0. The molecule has 27 heavy (non-hydrogen) atoms. The van der Waals surface area contributed by atoms with E-state index in [1.165, 1.54) is 18.4 Å². The maximum atomic E-state index is 13.2. The zero-order chi connectivity index (χ0) is 19.4. The van der Waals surface area contributed by atoms with Crippen LogP contribution in [0.25, 0.3) is 0 Å². The number of carbonyl (C=O) groups is 1. The van der Waals surface area contributed by atoms with Crippen molar-refractivity contribution in [2.75, 3.05) is 19.8 Å². The van der Waals surface area contributed by atoms with Crippen molar-refractivity contribution in [3.8, 4) is 11.5 Å². The molecule has 1 aliphatic rings. The second kappa shape index (κ2) is 8.04. The van der Waals surface area contributed by atoms with Crippen LogP contribution in [0.15, 0.2) is 45.9 Å². The summed E-state index contributed by atoms with van der Waals surface area (Å²) in [4.78, 5) is 12.1. The van der Waals surface area contributed by atoms with Gasteiger partial charge in [-0.05, 0) is 30.2 Å². The predicted octanol–water partition coefficient (Wildman–Crippen LogP) is 2.73. The van der Waals surface area contributed by atoms with Crippen LogP contribution < -0.4 is 14.8 Å². The zero-order valence-electron chi connectivity index (χ0n) is 15.3. The van der Waals surface area contributed by atoms with E-state index in [0.29, 0.717) is 31.1 Å². The zero-order valence-corrected chi connectivity index (χ0v) is 16.1. The fourth-order valence-corrected chi connectivity index (χ4v) is 4.45. The molecule has 146 valence electrons. The van der Waals surface area contributed by atoms with Crippen LogP contribution in [-0.4, -0.2) is 34.1 Å². The van der Waals surface area contributed by atoms with Gasteiger partial charge in [-0.3, -0.25) is 4.79 Å². The van der Waals surface area contributed by atoms with Gasteiger partial charge in [0.1, 0.15) is 24.2 Å². The van der Waals surface area contributed by atoms with Gasteiger partial charge in [0.25, 0.3) is 0 Å². The molecule has 0 fully saturated rings. The summed E-state index contributed by atoms with van der Waals surface area (Å²) in [6, 6.07) is 7.73. The molecule has 1 aliphatic heterocycles. The maximum Gasteiger partial charge on any atom is 0.220 e. The van der Waals surface area contributed by atoms with Gasteiger partial charge < -0.3 is 19.2 Å². The molecule has 1 aromatic heterocycles. The molecular weight excluding hydrogens is 370 g/mol.